The van der Waals surface area contributed by atoms with Crippen molar-refractivity contribution in [2.75, 3.05) is 33.7 Å². The molecule has 22 heavy (non-hydrogen) atoms. The molecule has 0 aliphatic carbocycles. The van der Waals surface area contributed by atoms with Crippen LogP contribution in [0, 0.1) is 13.8 Å². The van der Waals surface area contributed by atoms with E-state index in [0.29, 0.717) is 12.2 Å². The highest BCUT2D eigenvalue weighted by atomic mass is 32.2. The SMILES string of the molecule is Cc1noc(C)c1S(=O)(=O)NCCC(=O)NCCCN(C)C. The van der Waals surface area contributed by atoms with Crippen molar-refractivity contribution >= 4 is 15.9 Å². The Morgan fingerprint density at radius 3 is 2.50 bits per heavy atom. The molecule has 1 aromatic rings. The van der Waals surface area contributed by atoms with Gasteiger partial charge in [0.1, 0.15) is 10.6 Å². The minimum Gasteiger partial charge on any atom is -0.360 e. The number of carbonyl (C=O) groups excluding carboxylic acids is 1. The molecule has 1 rings (SSSR count). The molecule has 0 bridgehead atoms. The molecule has 0 fully saturated rings. The molecule has 1 amide bonds. The monoisotopic (exact) mass is 332 g/mol. The van der Waals surface area contributed by atoms with E-state index in [2.05, 4.69) is 15.2 Å². The molecule has 0 saturated heterocycles. The maximum atomic E-state index is 12.1. The third-order valence-electron chi connectivity index (χ3n) is 2.99. The van der Waals surface area contributed by atoms with Gasteiger partial charge in [-0.1, -0.05) is 5.16 Å². The number of sulfonamides is 1. The van der Waals surface area contributed by atoms with Crippen molar-refractivity contribution in [2.45, 2.75) is 31.6 Å². The minimum absolute atomic E-state index is 0.0336. The van der Waals surface area contributed by atoms with Gasteiger partial charge in [-0.2, -0.15) is 0 Å². The Balaban J connectivity index is 2.36. The fraction of sp³-hybridized carbons (Fsp3) is 0.692. The zero-order valence-corrected chi connectivity index (χ0v) is 14.3. The van der Waals surface area contributed by atoms with Crippen LogP contribution >= 0.6 is 0 Å². The summed E-state index contributed by atoms with van der Waals surface area (Å²) in [5, 5.41) is 6.36. The van der Waals surface area contributed by atoms with Gasteiger partial charge in [0.25, 0.3) is 0 Å². The summed E-state index contributed by atoms with van der Waals surface area (Å²) in [6, 6.07) is 0. The fourth-order valence-corrected chi connectivity index (χ4v) is 3.30. The van der Waals surface area contributed by atoms with Gasteiger partial charge in [-0.05, 0) is 40.9 Å². The number of amides is 1. The molecule has 0 saturated carbocycles. The van der Waals surface area contributed by atoms with Gasteiger partial charge in [-0.15, -0.1) is 0 Å². The van der Waals surface area contributed by atoms with Gasteiger partial charge in [-0.25, -0.2) is 13.1 Å². The van der Waals surface area contributed by atoms with Crippen molar-refractivity contribution < 1.29 is 17.7 Å². The highest BCUT2D eigenvalue weighted by Gasteiger charge is 2.23. The highest BCUT2D eigenvalue weighted by molar-refractivity contribution is 7.89. The van der Waals surface area contributed by atoms with Crippen molar-refractivity contribution in [1.29, 1.82) is 0 Å². The van der Waals surface area contributed by atoms with E-state index in [1.807, 2.05) is 19.0 Å². The standard InChI is InChI=1S/C13H24N4O4S/c1-10-13(11(2)21-16-10)22(19,20)15-8-6-12(18)14-7-5-9-17(3)4/h15H,5-9H2,1-4H3,(H,14,18). The first-order chi connectivity index (χ1) is 10.2. The number of carbonyl (C=O) groups is 1. The van der Waals surface area contributed by atoms with Crippen LogP contribution in [0.25, 0.3) is 0 Å². The molecule has 9 heteroatoms. The third kappa shape index (κ3) is 5.74. The maximum Gasteiger partial charge on any atom is 0.245 e. The highest BCUT2D eigenvalue weighted by Crippen LogP contribution is 2.18. The summed E-state index contributed by atoms with van der Waals surface area (Å²) in [4.78, 5) is 13.7. The number of nitrogens with zero attached hydrogens (tertiary/aromatic N) is 2. The van der Waals surface area contributed by atoms with E-state index in [1.165, 1.54) is 6.92 Å². The zero-order chi connectivity index (χ0) is 16.8. The Morgan fingerprint density at radius 2 is 1.95 bits per heavy atom. The molecule has 0 spiro atoms. The van der Waals surface area contributed by atoms with Crippen molar-refractivity contribution in [2.24, 2.45) is 0 Å². The number of aromatic nitrogens is 1. The maximum absolute atomic E-state index is 12.1. The lowest BCUT2D eigenvalue weighted by molar-refractivity contribution is -0.120. The molecule has 0 aromatic carbocycles. The van der Waals surface area contributed by atoms with E-state index in [9.17, 15) is 13.2 Å². The summed E-state index contributed by atoms with van der Waals surface area (Å²) < 4.78 is 31.4. The van der Waals surface area contributed by atoms with E-state index in [4.69, 9.17) is 4.52 Å². The lowest BCUT2D eigenvalue weighted by Crippen LogP contribution is -2.32. The van der Waals surface area contributed by atoms with Crippen LogP contribution in [0.15, 0.2) is 9.42 Å². The average Bonchev–Trinajstić information content (AvgIpc) is 2.74. The average molecular weight is 332 g/mol. The Bertz CT molecular complexity index is 576. The predicted molar refractivity (Wildman–Crippen MR) is 82.0 cm³/mol. The van der Waals surface area contributed by atoms with Gasteiger partial charge in [0, 0.05) is 19.5 Å². The molecule has 0 unspecified atom stereocenters. The molecular formula is C13H24N4O4S. The van der Waals surface area contributed by atoms with Gasteiger partial charge in [0.2, 0.25) is 15.9 Å². The molecule has 0 radical (unpaired) electrons. The number of aryl methyl sites for hydroxylation is 2. The first-order valence-electron chi connectivity index (χ1n) is 7.08. The van der Waals surface area contributed by atoms with Crippen molar-refractivity contribution in [1.82, 2.24) is 20.1 Å². The Hall–Kier alpha value is -1.45. The lowest BCUT2D eigenvalue weighted by Gasteiger charge is -2.10. The predicted octanol–water partition coefficient (Wildman–Crippen LogP) is 0.0277. The van der Waals surface area contributed by atoms with Gasteiger partial charge >= 0.3 is 0 Å². The largest absolute Gasteiger partial charge is 0.360 e. The van der Waals surface area contributed by atoms with Crippen LogP contribution in [0.1, 0.15) is 24.3 Å². The van der Waals surface area contributed by atoms with Crippen LogP contribution in [0.2, 0.25) is 0 Å². The van der Waals surface area contributed by atoms with E-state index < -0.39 is 10.0 Å². The summed E-state index contributed by atoms with van der Waals surface area (Å²) in [5.74, 6) is 0.0540. The van der Waals surface area contributed by atoms with Crippen LogP contribution in [0.3, 0.4) is 0 Å². The summed E-state index contributed by atoms with van der Waals surface area (Å²) in [5.41, 5.74) is 0.304. The molecule has 2 N–H and O–H groups in total. The van der Waals surface area contributed by atoms with E-state index >= 15 is 0 Å². The number of rotatable bonds is 9. The van der Waals surface area contributed by atoms with Gasteiger partial charge in [0.05, 0.1) is 0 Å². The van der Waals surface area contributed by atoms with Gasteiger partial charge in [0.15, 0.2) is 5.76 Å². The molecule has 8 nitrogen and oxygen atoms in total. The van der Waals surface area contributed by atoms with Crippen molar-refractivity contribution in [3.8, 4) is 0 Å². The van der Waals surface area contributed by atoms with E-state index in [-0.39, 0.29) is 29.5 Å². The quantitative estimate of drug-likeness (QED) is 0.618. The molecule has 0 atom stereocenters. The van der Waals surface area contributed by atoms with Gasteiger partial charge in [-0.3, -0.25) is 4.79 Å². The Morgan fingerprint density at radius 1 is 1.27 bits per heavy atom. The summed E-state index contributed by atoms with van der Waals surface area (Å²) in [6.45, 7) is 4.59. The summed E-state index contributed by atoms with van der Waals surface area (Å²) in [6.07, 6.45) is 0.939. The summed E-state index contributed by atoms with van der Waals surface area (Å²) in [7, 11) is 0.224. The number of hydrogen-bond donors (Lipinski definition) is 2. The molecule has 1 aromatic heterocycles. The summed E-state index contributed by atoms with van der Waals surface area (Å²) >= 11 is 0. The smallest absolute Gasteiger partial charge is 0.245 e. The van der Waals surface area contributed by atoms with Gasteiger partial charge < -0.3 is 14.7 Å². The molecule has 1 heterocycles. The first kappa shape index (κ1) is 18.6. The second kappa shape index (κ2) is 8.25. The molecular weight excluding hydrogens is 308 g/mol. The molecule has 0 aliphatic rings. The number of nitrogens with one attached hydrogen (secondary N) is 2. The second-order valence-corrected chi connectivity index (χ2v) is 7.01. The normalized spacial score (nSPS) is 11.9. The minimum atomic E-state index is -3.70. The van der Waals surface area contributed by atoms with Crippen LogP contribution in [-0.4, -0.2) is 58.1 Å². The van der Waals surface area contributed by atoms with Crippen LogP contribution < -0.4 is 10.0 Å². The lowest BCUT2D eigenvalue weighted by atomic mass is 10.3. The van der Waals surface area contributed by atoms with Crippen molar-refractivity contribution in [3.63, 3.8) is 0 Å². The Labute approximate surface area is 131 Å². The molecule has 126 valence electrons. The number of hydrogen-bond acceptors (Lipinski definition) is 6. The third-order valence-corrected chi connectivity index (χ3v) is 4.69. The van der Waals surface area contributed by atoms with Crippen LogP contribution in [0.5, 0.6) is 0 Å². The van der Waals surface area contributed by atoms with Crippen LogP contribution in [0.4, 0.5) is 0 Å². The fourth-order valence-electron chi connectivity index (χ4n) is 1.94. The first-order valence-corrected chi connectivity index (χ1v) is 8.56. The van der Waals surface area contributed by atoms with E-state index in [1.54, 1.807) is 6.92 Å². The topological polar surface area (TPSA) is 105 Å². The van der Waals surface area contributed by atoms with Crippen LogP contribution in [-0.2, 0) is 14.8 Å². The second-order valence-electron chi connectivity index (χ2n) is 5.31. The van der Waals surface area contributed by atoms with Crippen molar-refractivity contribution in [3.05, 3.63) is 11.5 Å². The molecule has 0 aliphatic heterocycles. The zero-order valence-electron chi connectivity index (χ0n) is 13.5. The Kier molecular flexibility index (Phi) is 6.98. The van der Waals surface area contributed by atoms with E-state index in [0.717, 1.165) is 13.0 Å².